The van der Waals surface area contributed by atoms with Crippen LogP contribution in [0.2, 0.25) is 0 Å². The monoisotopic (exact) mass is 240 g/mol. The zero-order valence-corrected chi connectivity index (χ0v) is 10.6. The summed E-state index contributed by atoms with van der Waals surface area (Å²) in [6.07, 6.45) is 1.77. The maximum atomic E-state index is 5.78. The van der Waals surface area contributed by atoms with E-state index >= 15 is 0 Å². The summed E-state index contributed by atoms with van der Waals surface area (Å²) in [6, 6.07) is 8.52. The van der Waals surface area contributed by atoms with Gasteiger partial charge in [0.1, 0.15) is 12.0 Å². The number of rotatable bonds is 2. The molecule has 3 aromatic rings. The number of aromatic amines is 1. The number of furan rings is 1. The maximum Gasteiger partial charge on any atom is 0.105 e. The van der Waals surface area contributed by atoms with Crippen LogP contribution in [0.15, 0.2) is 34.9 Å². The van der Waals surface area contributed by atoms with Gasteiger partial charge in [0.15, 0.2) is 0 Å². The second-order valence-corrected chi connectivity index (χ2v) is 4.66. The molecule has 0 aliphatic heterocycles. The third kappa shape index (κ3) is 1.64. The largest absolute Gasteiger partial charge is 0.469 e. The lowest BCUT2D eigenvalue weighted by atomic mass is 10.1. The van der Waals surface area contributed by atoms with Crippen molar-refractivity contribution in [3.8, 4) is 11.3 Å². The predicted molar refractivity (Wildman–Crippen MR) is 73.4 cm³/mol. The van der Waals surface area contributed by atoms with E-state index in [2.05, 4.69) is 36.2 Å². The Bertz CT molecular complexity index is 706. The van der Waals surface area contributed by atoms with Gasteiger partial charge in [0, 0.05) is 28.6 Å². The minimum Gasteiger partial charge on any atom is -0.469 e. The molecule has 0 bridgehead atoms. The summed E-state index contributed by atoms with van der Waals surface area (Å²) < 4.78 is 5.46. The van der Waals surface area contributed by atoms with Crippen molar-refractivity contribution in [2.75, 3.05) is 0 Å². The first-order valence-electron chi connectivity index (χ1n) is 6.06. The van der Waals surface area contributed by atoms with Crippen molar-refractivity contribution in [2.45, 2.75) is 20.4 Å². The Morgan fingerprint density at radius 3 is 2.83 bits per heavy atom. The summed E-state index contributed by atoms with van der Waals surface area (Å²) in [5.41, 5.74) is 11.4. The van der Waals surface area contributed by atoms with E-state index in [0.29, 0.717) is 6.54 Å². The molecule has 3 N–H and O–H groups in total. The SMILES string of the molecule is Cc1ccc2[nH]c(-c3coc(C)c3CN)cc2c1. The Kier molecular flexibility index (Phi) is 2.49. The van der Waals surface area contributed by atoms with E-state index in [1.165, 1.54) is 10.9 Å². The molecule has 3 nitrogen and oxygen atoms in total. The van der Waals surface area contributed by atoms with Crippen LogP contribution in [-0.4, -0.2) is 4.98 Å². The summed E-state index contributed by atoms with van der Waals surface area (Å²) in [5, 5.41) is 1.21. The number of hydrogen-bond donors (Lipinski definition) is 2. The molecule has 2 aromatic heterocycles. The van der Waals surface area contributed by atoms with Crippen LogP contribution in [0.5, 0.6) is 0 Å². The number of H-pyrrole nitrogens is 1. The molecule has 0 atom stereocenters. The van der Waals surface area contributed by atoms with Gasteiger partial charge in [-0.1, -0.05) is 11.6 Å². The second-order valence-electron chi connectivity index (χ2n) is 4.66. The Balaban J connectivity index is 2.19. The lowest BCUT2D eigenvalue weighted by Crippen LogP contribution is -1.98. The summed E-state index contributed by atoms with van der Waals surface area (Å²) in [4.78, 5) is 3.41. The van der Waals surface area contributed by atoms with Crippen LogP contribution in [-0.2, 0) is 6.54 Å². The molecule has 0 unspecified atom stereocenters. The Labute approximate surface area is 106 Å². The standard InChI is InChI=1S/C15H16N2O/c1-9-3-4-14-11(5-9)6-15(17-14)13-8-18-10(2)12(13)7-16/h3-6,8,17H,7,16H2,1-2H3. The first-order chi connectivity index (χ1) is 8.69. The molecule has 18 heavy (non-hydrogen) atoms. The molecule has 3 heteroatoms. The van der Waals surface area contributed by atoms with E-state index in [1.54, 1.807) is 6.26 Å². The lowest BCUT2D eigenvalue weighted by molar-refractivity contribution is 0.530. The van der Waals surface area contributed by atoms with Gasteiger partial charge in [0.25, 0.3) is 0 Å². The van der Waals surface area contributed by atoms with Crippen molar-refractivity contribution in [1.29, 1.82) is 0 Å². The third-order valence-corrected chi connectivity index (χ3v) is 3.37. The van der Waals surface area contributed by atoms with Crippen LogP contribution in [0.4, 0.5) is 0 Å². The minimum absolute atomic E-state index is 0.492. The number of benzene rings is 1. The Morgan fingerprint density at radius 2 is 2.06 bits per heavy atom. The van der Waals surface area contributed by atoms with Gasteiger partial charge in [-0.15, -0.1) is 0 Å². The fourth-order valence-electron chi connectivity index (χ4n) is 2.36. The van der Waals surface area contributed by atoms with E-state index in [4.69, 9.17) is 10.2 Å². The smallest absolute Gasteiger partial charge is 0.105 e. The number of aryl methyl sites for hydroxylation is 2. The molecule has 0 saturated carbocycles. The van der Waals surface area contributed by atoms with Gasteiger partial charge in [-0.3, -0.25) is 0 Å². The van der Waals surface area contributed by atoms with Gasteiger partial charge >= 0.3 is 0 Å². The summed E-state index contributed by atoms with van der Waals surface area (Å²) in [7, 11) is 0. The highest BCUT2D eigenvalue weighted by molar-refractivity contribution is 5.86. The van der Waals surface area contributed by atoms with E-state index in [1.807, 2.05) is 6.92 Å². The number of hydrogen-bond acceptors (Lipinski definition) is 2. The molecular formula is C15H16N2O. The van der Waals surface area contributed by atoms with Crippen LogP contribution < -0.4 is 5.73 Å². The molecule has 0 aliphatic carbocycles. The zero-order valence-electron chi connectivity index (χ0n) is 10.6. The van der Waals surface area contributed by atoms with Gasteiger partial charge in [-0.2, -0.15) is 0 Å². The van der Waals surface area contributed by atoms with Gasteiger partial charge in [-0.05, 0) is 32.0 Å². The molecule has 3 rings (SSSR count). The van der Waals surface area contributed by atoms with Crippen LogP contribution in [0.3, 0.4) is 0 Å². The van der Waals surface area contributed by atoms with Crippen LogP contribution >= 0.6 is 0 Å². The average molecular weight is 240 g/mol. The van der Waals surface area contributed by atoms with Gasteiger partial charge in [0.05, 0.1) is 5.69 Å². The van der Waals surface area contributed by atoms with Gasteiger partial charge in [0.2, 0.25) is 0 Å². The van der Waals surface area contributed by atoms with Crippen molar-refractivity contribution < 1.29 is 4.42 Å². The van der Waals surface area contributed by atoms with Crippen LogP contribution in [0, 0.1) is 13.8 Å². The fourth-order valence-corrected chi connectivity index (χ4v) is 2.36. The van der Waals surface area contributed by atoms with E-state index < -0.39 is 0 Å². The topological polar surface area (TPSA) is 55.0 Å². The van der Waals surface area contributed by atoms with Crippen molar-refractivity contribution in [3.63, 3.8) is 0 Å². The van der Waals surface area contributed by atoms with Crippen molar-refractivity contribution in [3.05, 3.63) is 47.4 Å². The first-order valence-corrected chi connectivity index (χ1v) is 6.06. The maximum absolute atomic E-state index is 5.78. The van der Waals surface area contributed by atoms with Crippen molar-refractivity contribution >= 4 is 10.9 Å². The van der Waals surface area contributed by atoms with Gasteiger partial charge in [-0.25, -0.2) is 0 Å². The normalized spacial score (nSPS) is 11.3. The molecule has 0 aliphatic rings. The highest BCUT2D eigenvalue weighted by Gasteiger charge is 2.12. The number of nitrogens with one attached hydrogen (secondary N) is 1. The van der Waals surface area contributed by atoms with Crippen molar-refractivity contribution in [2.24, 2.45) is 5.73 Å². The van der Waals surface area contributed by atoms with Crippen LogP contribution in [0.25, 0.3) is 22.2 Å². The van der Waals surface area contributed by atoms with Crippen LogP contribution in [0.1, 0.15) is 16.9 Å². The molecule has 92 valence electrons. The third-order valence-electron chi connectivity index (χ3n) is 3.37. The van der Waals surface area contributed by atoms with E-state index in [-0.39, 0.29) is 0 Å². The highest BCUT2D eigenvalue weighted by Crippen LogP contribution is 2.30. The molecule has 0 radical (unpaired) electrons. The molecule has 0 spiro atoms. The second kappa shape index (κ2) is 4.03. The number of fused-ring (bicyclic) bond motifs is 1. The van der Waals surface area contributed by atoms with E-state index in [9.17, 15) is 0 Å². The number of nitrogens with two attached hydrogens (primary N) is 1. The molecule has 2 heterocycles. The Hall–Kier alpha value is -2.00. The molecule has 0 amide bonds. The molecular weight excluding hydrogens is 224 g/mol. The molecule has 0 saturated heterocycles. The number of aromatic nitrogens is 1. The summed E-state index contributed by atoms with van der Waals surface area (Å²) in [5.74, 6) is 0.891. The quantitative estimate of drug-likeness (QED) is 0.720. The molecule has 0 fully saturated rings. The fraction of sp³-hybridized carbons (Fsp3) is 0.200. The summed E-state index contributed by atoms with van der Waals surface area (Å²) >= 11 is 0. The summed E-state index contributed by atoms with van der Waals surface area (Å²) in [6.45, 7) is 4.53. The minimum atomic E-state index is 0.492. The zero-order chi connectivity index (χ0) is 12.7. The van der Waals surface area contributed by atoms with E-state index in [0.717, 1.165) is 28.1 Å². The van der Waals surface area contributed by atoms with Crippen molar-refractivity contribution in [1.82, 2.24) is 4.98 Å². The lowest BCUT2D eigenvalue weighted by Gasteiger charge is -1.97. The Morgan fingerprint density at radius 1 is 1.22 bits per heavy atom. The van der Waals surface area contributed by atoms with Gasteiger partial charge < -0.3 is 15.1 Å². The average Bonchev–Trinajstić information content (AvgIpc) is 2.91. The predicted octanol–water partition coefficient (Wildman–Crippen LogP) is 3.50. The molecule has 1 aromatic carbocycles. The first kappa shape index (κ1) is 11.1. The highest BCUT2D eigenvalue weighted by atomic mass is 16.3.